The quantitative estimate of drug-likeness (QED) is 0.0979. The SMILES string of the molecule is C#Cc1cc(OC)c(C(C)(C)C)cc1F.CC(C)(C)n1cc(F)c2ccsc2c1=S.CC(C)(C)n1ccc2ccsc2c1=S.COc1cc(I)c(F)cc1C(C)(C)C.Cc1cc2ccccc2cc1C(C)(C)C.Cc1ccc(C(C)(C)C)c(C)c1.Cc1ccc2c(=S)n(C(C)(C)C)ccc2c1. The molecule has 0 bridgehead atoms. The van der Waals surface area contributed by atoms with Gasteiger partial charge >= 0.3 is 0 Å². The van der Waals surface area contributed by atoms with Crippen molar-refractivity contribution in [3.05, 3.63) is 236 Å². The number of pyridine rings is 3. The van der Waals surface area contributed by atoms with Gasteiger partial charge in [0.05, 0.1) is 32.8 Å². The van der Waals surface area contributed by atoms with Gasteiger partial charge in [0.25, 0.3) is 0 Å². The summed E-state index contributed by atoms with van der Waals surface area (Å²) in [4.78, 5) is 0. The standard InChI is InChI=1S/C15H18.C14H17NS.C13H15FO.C12H18.C11H14FIO.C11H12FNS2.C11H13NS2/c1-11-9-12-7-5-6-8-13(12)10-14(11)15(2,3)4;1-10-5-6-12-11(9-10)7-8-15(13(12)16)14(2,3)4;1-6-9-7-12(15-5)10(8-11(9)14)13(2,3)4;1-9-6-7-11(10(2)8-9)12(3,4)5;1-11(2,3)7-5-8(12)9(13)6-10(7)14-4;1-11(2,3)13-6-8(12)7-4-5-15-9(7)10(13)14;1-11(2,3)12-6-4-8-5-7-14-9(8)10(12)13/h5-10H,1-4H3;5-9H,1-4H3;1,7-8H,2-5H3;6-8H,1-5H3;5-6H,1-4H3;4-6H,1-3H3;4-7H,1-3H3. The molecule has 0 fully saturated rings. The van der Waals surface area contributed by atoms with Gasteiger partial charge in [-0.2, -0.15) is 0 Å². The number of aromatic nitrogens is 3. The second-order valence-corrected chi connectivity index (χ2v) is 36.7. The van der Waals surface area contributed by atoms with E-state index < -0.39 is 0 Å². The summed E-state index contributed by atoms with van der Waals surface area (Å²) >= 11 is 21.6. The highest BCUT2D eigenvalue weighted by molar-refractivity contribution is 14.1. The van der Waals surface area contributed by atoms with E-state index in [1.54, 1.807) is 49.8 Å². The summed E-state index contributed by atoms with van der Waals surface area (Å²) in [5, 5.41) is 10.9. The fraction of sp³-hybridized carbons (Fsp3) is 0.391. The van der Waals surface area contributed by atoms with Crippen molar-refractivity contribution in [1.29, 1.82) is 0 Å². The third kappa shape index (κ3) is 23.0. The number of nitrogens with zero attached hydrogens (tertiary/aromatic N) is 3. The molecule has 0 aliphatic carbocycles. The third-order valence-electron chi connectivity index (χ3n) is 16.7. The van der Waals surface area contributed by atoms with E-state index in [4.69, 9.17) is 52.6 Å². The lowest BCUT2D eigenvalue weighted by Gasteiger charge is -2.24. The minimum Gasteiger partial charge on any atom is -0.496 e. The third-order valence-corrected chi connectivity index (χ3v) is 20.9. The van der Waals surface area contributed by atoms with Gasteiger partial charge in [-0.15, -0.1) is 29.1 Å². The van der Waals surface area contributed by atoms with Crippen LogP contribution in [0.4, 0.5) is 13.2 Å². The molecular formula is C87H107F3IN3O2S5. The molecule has 0 radical (unpaired) electrons. The van der Waals surface area contributed by atoms with Crippen molar-refractivity contribution in [2.24, 2.45) is 0 Å². The molecule has 11 aromatic rings. The molecule has 5 heterocycles. The Morgan fingerprint density at radius 3 is 1.37 bits per heavy atom. The first-order valence-corrected chi connectivity index (χ1v) is 38.0. The topological polar surface area (TPSA) is 33.2 Å². The predicted octanol–water partition coefficient (Wildman–Crippen LogP) is 27.8. The number of ether oxygens (including phenoxy) is 2. The van der Waals surface area contributed by atoms with E-state index >= 15 is 0 Å². The number of halogens is 4. The maximum atomic E-state index is 13.7. The van der Waals surface area contributed by atoms with Crippen LogP contribution >= 0.6 is 81.9 Å². The lowest BCUT2D eigenvalue weighted by Crippen LogP contribution is -2.22. The first-order chi connectivity index (χ1) is 46.4. The molecule has 0 aliphatic rings. The lowest BCUT2D eigenvalue weighted by molar-refractivity contribution is 0.385. The van der Waals surface area contributed by atoms with Crippen molar-refractivity contribution in [2.75, 3.05) is 14.2 Å². The van der Waals surface area contributed by atoms with Crippen LogP contribution < -0.4 is 9.47 Å². The van der Waals surface area contributed by atoms with Crippen LogP contribution in [0.25, 0.3) is 41.7 Å². The van der Waals surface area contributed by atoms with Gasteiger partial charge in [0.1, 0.15) is 42.9 Å². The highest BCUT2D eigenvalue weighted by atomic mass is 127. The summed E-state index contributed by atoms with van der Waals surface area (Å²) < 4.78 is 62.4. The highest BCUT2D eigenvalue weighted by Crippen LogP contribution is 2.37. The molecule has 540 valence electrons. The summed E-state index contributed by atoms with van der Waals surface area (Å²) in [6.07, 6.45) is 10.9. The number of hydrogen-bond donors (Lipinski definition) is 0. The zero-order chi connectivity index (χ0) is 76.5. The average Bonchev–Trinajstić information content (AvgIpc) is 1.75. The zero-order valence-electron chi connectivity index (χ0n) is 64.7. The van der Waals surface area contributed by atoms with Gasteiger partial charge in [0.2, 0.25) is 0 Å². The zero-order valence-corrected chi connectivity index (χ0v) is 71.0. The molecule has 0 aliphatic heterocycles. The average molecular weight is 1570 g/mol. The van der Waals surface area contributed by atoms with E-state index in [0.717, 1.165) is 36.2 Å². The van der Waals surface area contributed by atoms with Gasteiger partial charge in [0.15, 0.2) is 0 Å². The van der Waals surface area contributed by atoms with Crippen LogP contribution in [0, 0.1) is 75.0 Å². The Balaban J connectivity index is 0.000000213. The van der Waals surface area contributed by atoms with Crippen molar-refractivity contribution < 1.29 is 22.6 Å². The molecule has 11 rings (SSSR count). The van der Waals surface area contributed by atoms with E-state index in [1.807, 2.05) is 94.9 Å². The van der Waals surface area contributed by atoms with Gasteiger partial charge in [0, 0.05) is 57.1 Å². The molecule has 5 nitrogen and oxygen atoms in total. The second kappa shape index (κ2) is 34.4. The number of hydrogen-bond acceptors (Lipinski definition) is 7. The molecule has 0 N–H and O–H groups in total. The van der Waals surface area contributed by atoms with Crippen molar-refractivity contribution in [3.8, 4) is 23.8 Å². The monoisotopic (exact) mass is 1570 g/mol. The molecule has 0 saturated heterocycles. The van der Waals surface area contributed by atoms with Crippen LogP contribution in [0.5, 0.6) is 11.5 Å². The second-order valence-electron chi connectivity index (χ2n) is 32.6. The Labute approximate surface area is 639 Å². The lowest BCUT2D eigenvalue weighted by atomic mass is 9.83. The number of fused-ring (bicyclic) bond motifs is 4. The van der Waals surface area contributed by atoms with E-state index in [-0.39, 0.29) is 61.3 Å². The molecule has 14 heteroatoms. The van der Waals surface area contributed by atoms with Crippen LogP contribution in [-0.4, -0.2) is 27.9 Å². The molecular weight excluding hydrogens is 1460 g/mol. The first kappa shape index (κ1) is 85.2. The minimum absolute atomic E-state index is 0.0379. The fourth-order valence-corrected chi connectivity index (χ4v) is 15.2. The number of rotatable bonds is 2. The summed E-state index contributed by atoms with van der Waals surface area (Å²) in [5.41, 5.74) is 10.4. The first-order valence-electron chi connectivity index (χ1n) is 33.9. The Hall–Kier alpha value is -6.45. The van der Waals surface area contributed by atoms with Gasteiger partial charge < -0.3 is 23.2 Å². The van der Waals surface area contributed by atoms with Crippen LogP contribution in [0.1, 0.15) is 195 Å². The van der Waals surface area contributed by atoms with Crippen molar-refractivity contribution >= 4 is 124 Å². The van der Waals surface area contributed by atoms with Gasteiger partial charge in [-0.3, -0.25) is 0 Å². The van der Waals surface area contributed by atoms with Crippen molar-refractivity contribution in [2.45, 2.75) is 211 Å². The number of aryl methyl sites for hydroxylation is 4. The molecule has 101 heavy (non-hydrogen) atoms. The molecule has 5 aromatic heterocycles. The summed E-state index contributed by atoms with van der Waals surface area (Å²) in [6, 6.07) is 40.7. The predicted molar refractivity (Wildman–Crippen MR) is 450 cm³/mol. The summed E-state index contributed by atoms with van der Waals surface area (Å²) in [7, 11) is 3.17. The van der Waals surface area contributed by atoms with E-state index in [9.17, 15) is 13.2 Å². The number of thiophene rings is 2. The fourth-order valence-electron chi connectivity index (χ4n) is 11.4. The number of terminal acetylenes is 1. The van der Waals surface area contributed by atoms with Crippen LogP contribution in [0.15, 0.2) is 151 Å². The van der Waals surface area contributed by atoms with E-state index in [0.29, 0.717) is 19.3 Å². The summed E-state index contributed by atoms with van der Waals surface area (Å²) in [5.74, 6) is 2.93. The smallest absolute Gasteiger partial charge is 0.148 e. The van der Waals surface area contributed by atoms with Crippen LogP contribution in [0.3, 0.4) is 0 Å². The number of methoxy groups -OCH3 is 2. The molecule has 0 atom stereocenters. The van der Waals surface area contributed by atoms with Gasteiger partial charge in [-0.1, -0.05) is 210 Å². The Bertz CT molecular complexity index is 4920. The van der Waals surface area contributed by atoms with E-state index in [2.05, 4.69) is 235 Å². The highest BCUT2D eigenvalue weighted by Gasteiger charge is 2.24. The molecule has 6 aromatic carbocycles. The maximum absolute atomic E-state index is 13.7. The molecule has 0 saturated carbocycles. The molecule has 0 spiro atoms. The van der Waals surface area contributed by atoms with Gasteiger partial charge in [-0.05, 0) is 237 Å². The van der Waals surface area contributed by atoms with Crippen LogP contribution in [-0.2, 0) is 38.3 Å². The Kier molecular flexibility index (Phi) is 29.0. The van der Waals surface area contributed by atoms with E-state index in [1.165, 1.54) is 83.2 Å². The normalized spacial score (nSPS) is 11.8. The van der Waals surface area contributed by atoms with Crippen LogP contribution in [0.2, 0.25) is 0 Å². The molecule has 0 amide bonds. The Morgan fingerprint density at radius 1 is 0.416 bits per heavy atom. The van der Waals surface area contributed by atoms with Crippen molar-refractivity contribution in [3.63, 3.8) is 0 Å². The van der Waals surface area contributed by atoms with Gasteiger partial charge in [-0.25, -0.2) is 13.2 Å². The molecule has 0 unspecified atom stereocenters. The largest absolute Gasteiger partial charge is 0.496 e. The maximum Gasteiger partial charge on any atom is 0.148 e. The number of benzene rings is 6. The van der Waals surface area contributed by atoms with Crippen molar-refractivity contribution in [1.82, 2.24) is 13.7 Å². The Morgan fingerprint density at radius 2 is 0.861 bits per heavy atom. The minimum atomic E-state index is -0.372. The summed E-state index contributed by atoms with van der Waals surface area (Å²) in [6.45, 7) is 53.4.